The monoisotopic (exact) mass is 457 g/mol. The Kier molecular flexibility index (Phi) is 5.44. The lowest BCUT2D eigenvalue weighted by atomic mass is 9.47. The number of ether oxygens (including phenoxy) is 1. The minimum atomic E-state index is -0.976. The minimum Gasteiger partial charge on any atom is -0.429 e. The molecule has 0 bridgehead atoms. The van der Waals surface area contributed by atoms with Crippen molar-refractivity contribution in [1.82, 2.24) is 5.06 Å². The minimum absolute atomic E-state index is 0.0660. The summed E-state index contributed by atoms with van der Waals surface area (Å²) in [6.45, 7) is 6.51. The SMILES string of the molecule is CC(=O)[C@H]1CC[C@H]2[C@@H]3CC=C4C[C@@H](OC(=O)ON5C(=O)CCC5=O)CC[C@]4(C)[C@H]3CC[C@]12C. The maximum Gasteiger partial charge on any atom is 0.534 e. The van der Waals surface area contributed by atoms with Crippen LogP contribution in [0.2, 0.25) is 0 Å². The highest BCUT2D eigenvalue weighted by molar-refractivity contribution is 6.01. The van der Waals surface area contributed by atoms with Gasteiger partial charge in [0.05, 0.1) is 0 Å². The second-order valence-corrected chi connectivity index (χ2v) is 11.5. The van der Waals surface area contributed by atoms with E-state index in [0.717, 1.165) is 44.9 Å². The first-order valence-corrected chi connectivity index (χ1v) is 12.6. The Bertz CT molecular complexity index is 910. The molecule has 1 heterocycles. The molecule has 7 heteroatoms. The van der Waals surface area contributed by atoms with E-state index in [2.05, 4.69) is 19.9 Å². The van der Waals surface area contributed by atoms with Crippen molar-refractivity contribution in [1.29, 1.82) is 0 Å². The number of Topliss-reactive ketones (excluding diaryl/α,β-unsaturated/α-hetero) is 1. The summed E-state index contributed by atoms with van der Waals surface area (Å²) in [5.41, 5.74) is 1.61. The molecule has 7 nitrogen and oxygen atoms in total. The molecule has 2 amide bonds. The van der Waals surface area contributed by atoms with Gasteiger partial charge < -0.3 is 4.74 Å². The maximum absolute atomic E-state index is 12.3. The van der Waals surface area contributed by atoms with Gasteiger partial charge in [-0.3, -0.25) is 19.2 Å². The molecule has 5 aliphatic rings. The second kappa shape index (κ2) is 7.95. The second-order valence-electron chi connectivity index (χ2n) is 11.5. The molecule has 0 N–H and O–H groups in total. The molecule has 3 saturated carbocycles. The van der Waals surface area contributed by atoms with Gasteiger partial charge in [-0.25, -0.2) is 4.79 Å². The summed E-state index contributed by atoms with van der Waals surface area (Å²) < 4.78 is 5.52. The number of imide groups is 1. The van der Waals surface area contributed by atoms with Crippen LogP contribution in [0.15, 0.2) is 11.6 Å². The van der Waals surface area contributed by atoms with Crippen molar-refractivity contribution >= 4 is 23.8 Å². The van der Waals surface area contributed by atoms with Crippen LogP contribution in [0, 0.1) is 34.5 Å². The topological polar surface area (TPSA) is 90.0 Å². The van der Waals surface area contributed by atoms with Crippen LogP contribution < -0.4 is 0 Å². The first kappa shape index (κ1) is 22.6. The quantitative estimate of drug-likeness (QED) is 0.345. The lowest BCUT2D eigenvalue weighted by Crippen LogP contribution is -2.51. The highest BCUT2D eigenvalue weighted by Crippen LogP contribution is 2.66. The zero-order valence-electron chi connectivity index (χ0n) is 19.9. The summed E-state index contributed by atoms with van der Waals surface area (Å²) in [5.74, 6) is 1.41. The Balaban J connectivity index is 1.26. The Morgan fingerprint density at radius 3 is 2.42 bits per heavy atom. The first-order valence-electron chi connectivity index (χ1n) is 12.6. The number of hydrogen-bond donors (Lipinski definition) is 0. The molecule has 0 aromatic carbocycles. The highest BCUT2D eigenvalue weighted by Gasteiger charge is 2.59. The van der Waals surface area contributed by atoms with Gasteiger partial charge in [-0.05, 0) is 80.5 Å². The van der Waals surface area contributed by atoms with E-state index in [1.54, 1.807) is 6.92 Å². The normalized spacial score (nSPS) is 42.2. The molecule has 0 spiro atoms. The van der Waals surface area contributed by atoms with Gasteiger partial charge in [0, 0.05) is 25.2 Å². The Morgan fingerprint density at radius 1 is 1.00 bits per heavy atom. The number of rotatable bonds is 3. The standard InChI is InChI=1S/C26H35NO6/c1-15(28)19-6-7-20-18-5-4-16-14-17(32-24(31)33-27-22(29)8-9-23(27)30)10-12-25(16,2)21(18)11-13-26(19,20)3/h4,17-21H,5-14H2,1-3H3/t17-,18-,19+,20-,21-,25-,26+/m0/s1. The van der Waals surface area contributed by atoms with Crippen LogP contribution in [0.25, 0.3) is 0 Å². The van der Waals surface area contributed by atoms with Crippen LogP contribution in [-0.2, 0) is 24.0 Å². The van der Waals surface area contributed by atoms with Gasteiger partial charge in [0.25, 0.3) is 11.8 Å². The summed E-state index contributed by atoms with van der Waals surface area (Å²) >= 11 is 0. The van der Waals surface area contributed by atoms with E-state index in [-0.39, 0.29) is 35.7 Å². The number of carbonyl (C=O) groups is 4. The third-order valence-electron chi connectivity index (χ3n) is 9.98. The van der Waals surface area contributed by atoms with Crippen LogP contribution in [0.3, 0.4) is 0 Å². The number of hydrogen-bond acceptors (Lipinski definition) is 6. The summed E-state index contributed by atoms with van der Waals surface area (Å²) in [7, 11) is 0. The van der Waals surface area contributed by atoms with Gasteiger partial charge in [0.15, 0.2) is 0 Å². The number of hydroxylamine groups is 2. The zero-order valence-corrected chi connectivity index (χ0v) is 19.9. The smallest absolute Gasteiger partial charge is 0.429 e. The maximum atomic E-state index is 12.3. The van der Waals surface area contributed by atoms with E-state index in [0.29, 0.717) is 35.0 Å². The van der Waals surface area contributed by atoms with Crippen LogP contribution in [0.1, 0.15) is 85.0 Å². The fraction of sp³-hybridized carbons (Fsp3) is 0.769. The predicted octanol–water partition coefficient (Wildman–Crippen LogP) is 4.74. The number of ketones is 1. The molecule has 0 radical (unpaired) electrons. The summed E-state index contributed by atoms with van der Waals surface area (Å²) in [5, 5.41) is 0.536. The third kappa shape index (κ3) is 3.53. The number of allylic oxidation sites excluding steroid dienone is 1. The van der Waals surface area contributed by atoms with Gasteiger partial charge in [0.2, 0.25) is 0 Å². The van der Waals surface area contributed by atoms with Gasteiger partial charge in [-0.15, -0.1) is 0 Å². The first-order chi connectivity index (χ1) is 15.6. The van der Waals surface area contributed by atoms with Crippen LogP contribution in [0.4, 0.5) is 4.79 Å². The Labute approximate surface area is 195 Å². The van der Waals surface area contributed by atoms with E-state index >= 15 is 0 Å². The third-order valence-corrected chi connectivity index (χ3v) is 9.98. The van der Waals surface area contributed by atoms with Gasteiger partial charge >= 0.3 is 6.16 Å². The zero-order chi connectivity index (χ0) is 23.5. The predicted molar refractivity (Wildman–Crippen MR) is 118 cm³/mol. The molecular weight excluding hydrogens is 422 g/mol. The number of carbonyl (C=O) groups excluding carboxylic acids is 4. The lowest BCUT2D eigenvalue weighted by molar-refractivity contribution is -0.179. The van der Waals surface area contributed by atoms with E-state index in [1.807, 2.05) is 0 Å². The van der Waals surface area contributed by atoms with Crippen molar-refractivity contribution in [3.05, 3.63) is 11.6 Å². The number of amides is 2. The van der Waals surface area contributed by atoms with Crippen LogP contribution in [-0.4, -0.2) is 34.9 Å². The summed E-state index contributed by atoms with van der Waals surface area (Å²) in [6.07, 6.45) is 9.10. The molecule has 5 rings (SSSR count). The molecule has 33 heavy (non-hydrogen) atoms. The van der Waals surface area contributed by atoms with Crippen molar-refractivity contribution in [2.24, 2.45) is 34.5 Å². The summed E-state index contributed by atoms with van der Waals surface area (Å²) in [6, 6.07) is 0. The summed E-state index contributed by atoms with van der Waals surface area (Å²) in [4.78, 5) is 52.8. The Hall–Kier alpha value is -2.18. The molecule has 0 aromatic rings. The van der Waals surface area contributed by atoms with E-state index < -0.39 is 18.0 Å². The van der Waals surface area contributed by atoms with Crippen molar-refractivity contribution in [3.8, 4) is 0 Å². The van der Waals surface area contributed by atoms with Gasteiger partial charge in [0.1, 0.15) is 11.9 Å². The molecule has 0 aromatic heterocycles. The molecule has 4 fully saturated rings. The van der Waals surface area contributed by atoms with Gasteiger partial charge in [-0.1, -0.05) is 30.6 Å². The number of fused-ring (bicyclic) bond motifs is 5. The molecule has 7 atom stereocenters. The number of nitrogens with zero attached hydrogens (tertiary/aromatic N) is 1. The van der Waals surface area contributed by atoms with Crippen LogP contribution in [0.5, 0.6) is 0 Å². The van der Waals surface area contributed by atoms with E-state index in [1.165, 1.54) is 5.57 Å². The van der Waals surface area contributed by atoms with Crippen molar-refractivity contribution < 1.29 is 28.8 Å². The fourth-order valence-electron chi connectivity index (χ4n) is 8.29. The van der Waals surface area contributed by atoms with E-state index in [4.69, 9.17) is 9.57 Å². The van der Waals surface area contributed by atoms with Gasteiger partial charge in [-0.2, -0.15) is 0 Å². The molecule has 0 unspecified atom stereocenters. The van der Waals surface area contributed by atoms with E-state index in [9.17, 15) is 19.2 Å². The van der Waals surface area contributed by atoms with Crippen molar-refractivity contribution in [3.63, 3.8) is 0 Å². The Morgan fingerprint density at radius 2 is 1.73 bits per heavy atom. The lowest BCUT2D eigenvalue weighted by Gasteiger charge is -2.58. The fourth-order valence-corrected chi connectivity index (χ4v) is 8.29. The van der Waals surface area contributed by atoms with Crippen LogP contribution >= 0.6 is 0 Å². The molecule has 180 valence electrons. The average molecular weight is 458 g/mol. The average Bonchev–Trinajstić information content (AvgIpc) is 3.28. The van der Waals surface area contributed by atoms with Crippen molar-refractivity contribution in [2.45, 2.75) is 91.1 Å². The van der Waals surface area contributed by atoms with Crippen molar-refractivity contribution in [2.75, 3.05) is 0 Å². The molecular formula is C26H35NO6. The largest absolute Gasteiger partial charge is 0.534 e. The molecule has 4 aliphatic carbocycles. The highest BCUT2D eigenvalue weighted by atomic mass is 16.8. The molecule has 1 saturated heterocycles. The molecule has 1 aliphatic heterocycles.